The van der Waals surface area contributed by atoms with Crippen molar-refractivity contribution in [1.82, 2.24) is 9.97 Å². The van der Waals surface area contributed by atoms with Crippen LogP contribution < -0.4 is 0 Å². The fraction of sp³-hybridized carbons (Fsp3) is 0.119. The maximum atomic E-state index is 6.24. The Balaban J connectivity index is 1.19. The second kappa shape index (κ2) is 10.4. The summed E-state index contributed by atoms with van der Waals surface area (Å²) in [5.74, 6) is 1.08. The minimum Gasteiger partial charge on any atom is -0.436 e. The number of aromatic nitrogens is 2. The lowest BCUT2D eigenvalue weighted by Gasteiger charge is -2.22. The maximum absolute atomic E-state index is 6.24. The monoisotopic (exact) mass is 609 g/mol. The summed E-state index contributed by atoms with van der Waals surface area (Å²) in [6.45, 7) is 6.80. The van der Waals surface area contributed by atoms with E-state index < -0.39 is 0 Å². The highest BCUT2D eigenvalue weighted by Gasteiger charge is 2.35. The molecule has 0 amide bonds. The molecule has 2 aliphatic rings. The maximum Gasteiger partial charge on any atom is 0.227 e. The molecule has 1 aliphatic heterocycles. The highest BCUT2D eigenvalue weighted by Crippen LogP contribution is 2.49. The highest BCUT2D eigenvalue weighted by molar-refractivity contribution is 6.06. The Morgan fingerprint density at radius 2 is 1.17 bits per heavy atom. The van der Waals surface area contributed by atoms with Crippen molar-refractivity contribution >= 4 is 33.6 Å². The molecule has 3 heterocycles. The Morgan fingerprint density at radius 1 is 0.574 bits per heavy atom. The van der Waals surface area contributed by atoms with E-state index in [1.807, 2.05) is 54.6 Å². The molecule has 7 aromatic rings. The van der Waals surface area contributed by atoms with Gasteiger partial charge in [0.15, 0.2) is 11.2 Å². The van der Waals surface area contributed by atoms with Gasteiger partial charge in [0.05, 0.1) is 11.4 Å². The number of oxazole rings is 2. The third kappa shape index (κ3) is 4.58. The minimum atomic E-state index is -0.0841. The number of para-hydroxylation sites is 4. The van der Waals surface area contributed by atoms with Crippen LogP contribution >= 0.6 is 0 Å². The summed E-state index contributed by atoms with van der Waals surface area (Å²) < 4.78 is 12.5. The van der Waals surface area contributed by atoms with Crippen LogP contribution in [0.25, 0.3) is 61.9 Å². The molecule has 0 radical (unpaired) electrons. The summed E-state index contributed by atoms with van der Waals surface area (Å²) in [6, 6.07) is 37.5. The molecule has 0 unspecified atom stereocenters. The normalized spacial score (nSPS) is 15.2. The minimum absolute atomic E-state index is 0.0841. The van der Waals surface area contributed by atoms with Crippen LogP contribution in [0.2, 0.25) is 0 Å². The van der Waals surface area contributed by atoms with Gasteiger partial charge in [-0.2, -0.15) is 0 Å². The number of hydrogen-bond donors (Lipinski definition) is 0. The summed E-state index contributed by atoms with van der Waals surface area (Å²) >= 11 is 0. The Labute approximate surface area is 272 Å². The first-order valence-electron chi connectivity index (χ1n) is 16.0. The zero-order valence-electron chi connectivity index (χ0n) is 26.4. The first-order valence-corrected chi connectivity index (χ1v) is 16.0. The zero-order chi connectivity index (χ0) is 31.7. The van der Waals surface area contributed by atoms with Crippen LogP contribution in [-0.2, 0) is 5.41 Å². The molecule has 0 atom stereocenters. The largest absolute Gasteiger partial charge is 0.436 e. The molecule has 0 bridgehead atoms. The topological polar surface area (TPSA) is 64.4 Å². The van der Waals surface area contributed by atoms with Crippen LogP contribution in [0.15, 0.2) is 141 Å². The van der Waals surface area contributed by atoms with E-state index in [1.165, 1.54) is 27.8 Å². The van der Waals surface area contributed by atoms with Gasteiger partial charge in [-0.25, -0.2) is 9.97 Å². The van der Waals surface area contributed by atoms with Crippen molar-refractivity contribution in [2.75, 3.05) is 0 Å². The van der Waals surface area contributed by atoms with Gasteiger partial charge in [-0.15, -0.1) is 0 Å². The van der Waals surface area contributed by atoms with Crippen molar-refractivity contribution in [1.29, 1.82) is 0 Å². The molecule has 2 aromatic heterocycles. The van der Waals surface area contributed by atoms with E-state index >= 15 is 0 Å². The Bertz CT molecular complexity index is 2330. The molecule has 9 rings (SSSR count). The summed E-state index contributed by atoms with van der Waals surface area (Å²) in [6.07, 6.45) is 5.04. The van der Waals surface area contributed by atoms with Crippen molar-refractivity contribution in [3.8, 4) is 34.0 Å². The second-order valence-corrected chi connectivity index (χ2v) is 13.0. The number of allylic oxidation sites excluding steroid dienone is 3. The molecule has 5 heteroatoms. The van der Waals surface area contributed by atoms with Gasteiger partial charge in [0, 0.05) is 28.5 Å². The van der Waals surface area contributed by atoms with Gasteiger partial charge in [-0.1, -0.05) is 86.2 Å². The third-order valence-electron chi connectivity index (χ3n) is 9.45. The van der Waals surface area contributed by atoms with Crippen molar-refractivity contribution < 1.29 is 8.83 Å². The van der Waals surface area contributed by atoms with Crippen molar-refractivity contribution in [2.24, 2.45) is 4.99 Å². The van der Waals surface area contributed by atoms with Gasteiger partial charge >= 0.3 is 0 Å². The smallest absolute Gasteiger partial charge is 0.227 e. The molecule has 0 N–H and O–H groups in total. The predicted octanol–water partition coefficient (Wildman–Crippen LogP) is 10.8. The highest BCUT2D eigenvalue weighted by atomic mass is 16.4. The molecule has 0 saturated heterocycles. The molecule has 226 valence electrons. The molecule has 0 saturated carbocycles. The standard InChI is InChI=1S/C42H31N3O2/c1-25-16-19-34(43-37(20-25)26-17-18-31-30-10-4-5-11-32(30)42(2,3)33(31)24-26)27-21-28(40-44-35-12-6-8-14-38(35)46-40)23-29(22-27)41-45-36-13-7-9-15-39(36)47-41/h4-19,21-24H,20H2,1-3H3. The second-order valence-electron chi connectivity index (χ2n) is 13.0. The van der Waals surface area contributed by atoms with Gasteiger partial charge < -0.3 is 8.83 Å². The number of hydrogen-bond acceptors (Lipinski definition) is 5. The van der Waals surface area contributed by atoms with Gasteiger partial charge in [0.2, 0.25) is 11.8 Å². The van der Waals surface area contributed by atoms with Crippen LogP contribution in [0.5, 0.6) is 0 Å². The Kier molecular flexibility index (Phi) is 6.06. The first kappa shape index (κ1) is 27.5. The van der Waals surface area contributed by atoms with Gasteiger partial charge in [-0.05, 0) is 89.3 Å². The molecular formula is C42H31N3O2. The summed E-state index contributed by atoms with van der Waals surface area (Å²) in [5, 5.41) is 0. The number of aliphatic imine (C=N–C) groups is 1. The SMILES string of the molecule is CC1=CC=C(c2cc(-c3nc4ccccc4o3)cc(-c3nc4ccccc4o3)c2)N=C(c2ccc3c(c2)C(C)(C)c2ccccc2-3)C1. The average molecular weight is 610 g/mol. The van der Waals surface area contributed by atoms with E-state index in [-0.39, 0.29) is 5.41 Å². The molecule has 0 fully saturated rings. The number of rotatable bonds is 4. The predicted molar refractivity (Wildman–Crippen MR) is 189 cm³/mol. The molecule has 47 heavy (non-hydrogen) atoms. The lowest BCUT2D eigenvalue weighted by atomic mass is 9.81. The molecule has 0 spiro atoms. The number of fused-ring (bicyclic) bond motifs is 5. The average Bonchev–Trinajstić information content (AvgIpc) is 3.75. The van der Waals surface area contributed by atoms with Crippen LogP contribution in [0.1, 0.15) is 49.4 Å². The van der Waals surface area contributed by atoms with Crippen molar-refractivity contribution in [3.63, 3.8) is 0 Å². The quantitative estimate of drug-likeness (QED) is 0.199. The van der Waals surface area contributed by atoms with E-state index in [0.717, 1.165) is 62.3 Å². The summed E-state index contributed by atoms with van der Waals surface area (Å²) in [4.78, 5) is 15.0. The van der Waals surface area contributed by atoms with Crippen LogP contribution in [0.3, 0.4) is 0 Å². The van der Waals surface area contributed by atoms with Crippen LogP contribution in [-0.4, -0.2) is 15.7 Å². The molecule has 5 nitrogen and oxygen atoms in total. The van der Waals surface area contributed by atoms with E-state index in [4.69, 9.17) is 23.8 Å². The van der Waals surface area contributed by atoms with E-state index in [0.29, 0.717) is 11.8 Å². The fourth-order valence-electron chi connectivity index (χ4n) is 6.99. The fourth-order valence-corrected chi connectivity index (χ4v) is 6.99. The van der Waals surface area contributed by atoms with E-state index in [1.54, 1.807) is 0 Å². The lowest BCUT2D eigenvalue weighted by Crippen LogP contribution is -2.15. The van der Waals surface area contributed by atoms with Crippen LogP contribution in [0.4, 0.5) is 0 Å². The van der Waals surface area contributed by atoms with E-state index in [9.17, 15) is 0 Å². The zero-order valence-corrected chi connectivity index (χ0v) is 26.4. The lowest BCUT2D eigenvalue weighted by molar-refractivity contribution is 0.617. The molecule has 5 aromatic carbocycles. The van der Waals surface area contributed by atoms with Crippen LogP contribution in [0, 0.1) is 0 Å². The molecule has 1 aliphatic carbocycles. The number of benzene rings is 5. The van der Waals surface area contributed by atoms with Gasteiger partial charge in [0.1, 0.15) is 11.0 Å². The first-order chi connectivity index (χ1) is 22.9. The Hall–Kier alpha value is -5.81. The van der Waals surface area contributed by atoms with Gasteiger partial charge in [0.25, 0.3) is 0 Å². The van der Waals surface area contributed by atoms with Crippen molar-refractivity contribution in [2.45, 2.75) is 32.6 Å². The molecular weight excluding hydrogens is 578 g/mol. The van der Waals surface area contributed by atoms with Gasteiger partial charge in [-0.3, -0.25) is 4.99 Å². The summed E-state index contributed by atoms with van der Waals surface area (Å²) in [7, 11) is 0. The third-order valence-corrected chi connectivity index (χ3v) is 9.45. The summed E-state index contributed by atoms with van der Waals surface area (Å²) in [5.41, 5.74) is 15.2. The van der Waals surface area contributed by atoms with Crippen molar-refractivity contribution in [3.05, 3.63) is 149 Å². The Morgan fingerprint density at radius 3 is 1.85 bits per heavy atom. The van der Waals surface area contributed by atoms with E-state index in [2.05, 4.69) is 87.5 Å². The number of nitrogens with zero attached hydrogens (tertiary/aromatic N) is 3.